The van der Waals surface area contributed by atoms with Crippen LogP contribution in [0.1, 0.15) is 18.4 Å². The van der Waals surface area contributed by atoms with Crippen molar-refractivity contribution in [3.63, 3.8) is 0 Å². The van der Waals surface area contributed by atoms with Crippen molar-refractivity contribution in [2.24, 2.45) is 0 Å². The largest absolute Gasteiger partial charge is 0.315 e. The van der Waals surface area contributed by atoms with Crippen LogP contribution in [0.15, 0.2) is 22.9 Å². The van der Waals surface area contributed by atoms with E-state index < -0.39 is 0 Å². The predicted octanol–water partition coefficient (Wildman–Crippen LogP) is 1.69. The molecule has 2 rings (SSSR count). The van der Waals surface area contributed by atoms with Gasteiger partial charge in [0.15, 0.2) is 0 Å². The normalized spacial score (nSPS) is 21.5. The number of halogens is 1. The molecule has 0 aromatic carbocycles. The van der Waals surface area contributed by atoms with Gasteiger partial charge in [-0.3, -0.25) is 0 Å². The Hall–Kier alpha value is -0.450. The van der Waals surface area contributed by atoms with Crippen molar-refractivity contribution in [2.75, 3.05) is 13.1 Å². The third-order valence-electron chi connectivity index (χ3n) is 2.68. The van der Waals surface area contributed by atoms with Gasteiger partial charge >= 0.3 is 0 Å². The molecule has 0 amide bonds. The Morgan fingerprint density at radius 3 is 3.27 bits per heavy atom. The number of hydrogen-bond acceptors (Lipinski definition) is 3. The zero-order chi connectivity index (χ0) is 10.5. The molecule has 4 heteroatoms. The van der Waals surface area contributed by atoms with Gasteiger partial charge in [0.05, 0.1) is 0 Å². The summed E-state index contributed by atoms with van der Waals surface area (Å²) in [6.07, 6.45) is 4.39. The molecule has 0 spiro atoms. The minimum absolute atomic E-state index is 0.616. The molecule has 1 aliphatic rings. The minimum atomic E-state index is 0.616. The summed E-state index contributed by atoms with van der Waals surface area (Å²) in [7, 11) is 0. The molecule has 1 fully saturated rings. The summed E-state index contributed by atoms with van der Waals surface area (Å²) >= 11 is 3.38. The van der Waals surface area contributed by atoms with Gasteiger partial charge in [0.2, 0.25) is 0 Å². The molecule has 3 nitrogen and oxygen atoms in total. The molecular weight excluding hydrogens is 254 g/mol. The second kappa shape index (κ2) is 5.58. The van der Waals surface area contributed by atoms with Gasteiger partial charge in [0.25, 0.3) is 0 Å². The highest BCUT2D eigenvalue weighted by Gasteiger charge is 2.11. The van der Waals surface area contributed by atoms with E-state index in [-0.39, 0.29) is 0 Å². The summed E-state index contributed by atoms with van der Waals surface area (Å²) in [5, 5.41) is 6.95. The fourth-order valence-electron chi connectivity index (χ4n) is 1.84. The van der Waals surface area contributed by atoms with Crippen LogP contribution in [-0.4, -0.2) is 24.1 Å². The van der Waals surface area contributed by atoms with Crippen LogP contribution < -0.4 is 10.6 Å². The van der Waals surface area contributed by atoms with Crippen molar-refractivity contribution in [2.45, 2.75) is 25.4 Å². The maximum Gasteiger partial charge on any atom is 0.106 e. The van der Waals surface area contributed by atoms with Gasteiger partial charge in [-0.25, -0.2) is 4.98 Å². The molecule has 1 aromatic heterocycles. The first-order valence-electron chi connectivity index (χ1n) is 5.39. The zero-order valence-corrected chi connectivity index (χ0v) is 10.3. The lowest BCUT2D eigenvalue weighted by Gasteiger charge is -2.23. The maximum absolute atomic E-state index is 4.11. The highest BCUT2D eigenvalue weighted by Crippen LogP contribution is 2.09. The average molecular weight is 270 g/mol. The molecule has 1 aliphatic heterocycles. The van der Waals surface area contributed by atoms with Crippen LogP contribution >= 0.6 is 15.9 Å². The molecule has 2 N–H and O–H groups in total. The molecule has 0 radical (unpaired) electrons. The van der Waals surface area contributed by atoms with Crippen LogP contribution in [0, 0.1) is 0 Å². The summed E-state index contributed by atoms with van der Waals surface area (Å²) in [5.74, 6) is 0. The zero-order valence-electron chi connectivity index (χ0n) is 8.67. The van der Waals surface area contributed by atoms with E-state index in [4.69, 9.17) is 0 Å². The number of hydrogen-bond donors (Lipinski definition) is 2. The monoisotopic (exact) mass is 269 g/mol. The van der Waals surface area contributed by atoms with Crippen LogP contribution in [0.25, 0.3) is 0 Å². The number of nitrogens with one attached hydrogen (secondary N) is 2. The van der Waals surface area contributed by atoms with Crippen molar-refractivity contribution in [1.29, 1.82) is 0 Å². The summed E-state index contributed by atoms with van der Waals surface area (Å²) in [6.45, 7) is 3.18. The lowest BCUT2D eigenvalue weighted by atomic mass is 10.1. The van der Waals surface area contributed by atoms with Crippen molar-refractivity contribution in [3.05, 3.63) is 28.5 Å². The van der Waals surface area contributed by atoms with Crippen molar-refractivity contribution < 1.29 is 0 Å². The second-order valence-corrected chi connectivity index (χ2v) is 4.72. The third kappa shape index (κ3) is 3.55. The van der Waals surface area contributed by atoms with Crippen LogP contribution in [0.4, 0.5) is 0 Å². The molecule has 0 unspecified atom stereocenters. The van der Waals surface area contributed by atoms with E-state index in [1.807, 2.05) is 12.3 Å². The van der Waals surface area contributed by atoms with Crippen LogP contribution in [0.3, 0.4) is 0 Å². The summed E-state index contributed by atoms with van der Waals surface area (Å²) < 4.78 is 0.906. The van der Waals surface area contributed by atoms with E-state index >= 15 is 0 Å². The average Bonchev–Trinajstić information content (AvgIpc) is 2.28. The van der Waals surface area contributed by atoms with E-state index in [0.717, 1.165) is 17.7 Å². The molecule has 1 saturated heterocycles. The number of piperidine rings is 1. The lowest BCUT2D eigenvalue weighted by Crippen LogP contribution is -2.42. The van der Waals surface area contributed by atoms with Crippen molar-refractivity contribution in [3.8, 4) is 0 Å². The summed E-state index contributed by atoms with van der Waals surface area (Å²) in [4.78, 5) is 4.11. The standard InChI is InChI=1S/C11H16BrN3/c12-11-6-9(3-5-14-11)7-15-10-2-1-4-13-8-10/h3,5-6,10,13,15H,1-2,4,7-8H2/t10-/m0/s1. The van der Waals surface area contributed by atoms with E-state index in [2.05, 4.69) is 37.6 Å². The summed E-state index contributed by atoms with van der Waals surface area (Å²) in [6, 6.07) is 4.72. The second-order valence-electron chi connectivity index (χ2n) is 3.91. The van der Waals surface area contributed by atoms with E-state index in [9.17, 15) is 0 Å². The molecule has 82 valence electrons. The molecule has 1 atom stereocenters. The maximum atomic E-state index is 4.11. The summed E-state index contributed by atoms with van der Waals surface area (Å²) in [5.41, 5.74) is 1.28. The smallest absolute Gasteiger partial charge is 0.106 e. The fourth-order valence-corrected chi connectivity index (χ4v) is 2.25. The molecule has 0 bridgehead atoms. The minimum Gasteiger partial charge on any atom is -0.315 e. The Morgan fingerprint density at radius 2 is 2.53 bits per heavy atom. The van der Waals surface area contributed by atoms with Crippen LogP contribution in [0.5, 0.6) is 0 Å². The van der Waals surface area contributed by atoms with Gasteiger partial charge in [0.1, 0.15) is 4.60 Å². The highest BCUT2D eigenvalue weighted by molar-refractivity contribution is 9.10. The first-order chi connectivity index (χ1) is 7.34. The topological polar surface area (TPSA) is 37.0 Å². The van der Waals surface area contributed by atoms with Crippen LogP contribution in [-0.2, 0) is 6.54 Å². The molecule has 0 saturated carbocycles. The lowest BCUT2D eigenvalue weighted by molar-refractivity contribution is 0.389. The Kier molecular flexibility index (Phi) is 4.11. The molecule has 2 heterocycles. The van der Waals surface area contributed by atoms with Crippen molar-refractivity contribution >= 4 is 15.9 Å². The van der Waals surface area contributed by atoms with Gasteiger partial charge in [-0.05, 0) is 53.0 Å². The van der Waals surface area contributed by atoms with E-state index in [1.54, 1.807) is 0 Å². The first-order valence-corrected chi connectivity index (χ1v) is 6.18. The van der Waals surface area contributed by atoms with Gasteiger partial charge in [0, 0.05) is 25.3 Å². The van der Waals surface area contributed by atoms with Gasteiger partial charge in [-0.15, -0.1) is 0 Å². The van der Waals surface area contributed by atoms with E-state index in [0.29, 0.717) is 6.04 Å². The molecule has 1 aromatic rings. The Labute approximate surface area is 98.8 Å². The van der Waals surface area contributed by atoms with Crippen LogP contribution in [0.2, 0.25) is 0 Å². The Balaban J connectivity index is 1.81. The number of rotatable bonds is 3. The highest BCUT2D eigenvalue weighted by atomic mass is 79.9. The van der Waals surface area contributed by atoms with Gasteiger partial charge < -0.3 is 10.6 Å². The molecule has 15 heavy (non-hydrogen) atoms. The van der Waals surface area contributed by atoms with Crippen molar-refractivity contribution in [1.82, 2.24) is 15.6 Å². The Bertz CT molecular complexity index is 310. The number of aromatic nitrogens is 1. The SMILES string of the molecule is Brc1cc(CN[C@H]2CCCNC2)ccn1. The predicted molar refractivity (Wildman–Crippen MR) is 64.7 cm³/mol. The third-order valence-corrected chi connectivity index (χ3v) is 3.12. The first kappa shape index (κ1) is 11.0. The molecular formula is C11H16BrN3. The number of pyridine rings is 1. The molecule has 0 aliphatic carbocycles. The van der Waals surface area contributed by atoms with E-state index in [1.165, 1.54) is 24.9 Å². The Morgan fingerprint density at radius 1 is 1.60 bits per heavy atom. The quantitative estimate of drug-likeness (QED) is 0.821. The van der Waals surface area contributed by atoms with Gasteiger partial charge in [-0.2, -0.15) is 0 Å². The fraction of sp³-hybridized carbons (Fsp3) is 0.545. The van der Waals surface area contributed by atoms with Gasteiger partial charge in [-0.1, -0.05) is 0 Å². The number of nitrogens with zero attached hydrogens (tertiary/aromatic N) is 1.